The van der Waals surface area contributed by atoms with Gasteiger partial charge in [-0.25, -0.2) is 0 Å². The second-order valence-corrected chi connectivity index (χ2v) is 0.750. The maximum Gasteiger partial charge on any atom is 2.00 e. The van der Waals surface area contributed by atoms with Crippen LogP contribution in [0.4, 0.5) is 0 Å². The summed E-state index contributed by atoms with van der Waals surface area (Å²) in [5.41, 5.74) is 0. The van der Waals surface area contributed by atoms with Crippen LogP contribution in [0, 0.1) is 0 Å². The van der Waals surface area contributed by atoms with Crippen LogP contribution in [-0.4, -0.2) is 63.1 Å². The molecule has 0 unspecified atom stereocenters. The van der Waals surface area contributed by atoms with Crippen molar-refractivity contribution in [3.63, 3.8) is 0 Å². The van der Waals surface area contributed by atoms with Crippen molar-refractivity contribution >= 4 is 63.1 Å². The number of hydrogen-bond acceptors (Lipinski definition) is 3. The molecular formula is H3BO3SiSr. The normalized spacial score (nSPS) is 4.00. The molecule has 0 aliphatic rings. The Morgan fingerprint density at radius 3 is 1.33 bits per heavy atom. The smallest absolute Gasteiger partial charge is 0.672 e. The third-order valence-electron chi connectivity index (χ3n) is 0. The summed E-state index contributed by atoms with van der Waals surface area (Å²) >= 11 is 0. The van der Waals surface area contributed by atoms with Gasteiger partial charge in [0, 0.05) is 9.17 Å². The summed E-state index contributed by atoms with van der Waals surface area (Å²) in [6.45, 7) is 0. The third kappa shape index (κ3) is 66.2. The average molecular weight is 178 g/mol. The Balaban J connectivity index is -0.0000000450. The minimum atomic E-state index is -3.63. The van der Waals surface area contributed by atoms with E-state index in [-0.39, 0.29) is 53.9 Å². The molecule has 0 rings (SSSR count). The third-order valence-corrected chi connectivity index (χ3v) is 0. The zero-order valence-corrected chi connectivity index (χ0v) is 6.91. The molecule has 0 aromatic rings. The van der Waals surface area contributed by atoms with E-state index in [1.165, 1.54) is 0 Å². The van der Waals surface area contributed by atoms with Crippen molar-refractivity contribution in [1.29, 1.82) is 0 Å². The molecule has 0 spiro atoms. The Morgan fingerprint density at radius 1 is 1.33 bits per heavy atom. The fraction of sp³-hybridized carbons (Fsp3) is 0. The molecule has 6 heavy (non-hydrogen) atoms. The van der Waals surface area contributed by atoms with E-state index in [0.29, 0.717) is 0 Å². The first-order valence-electron chi connectivity index (χ1n) is 0.612. The molecule has 0 heterocycles. The van der Waals surface area contributed by atoms with Gasteiger partial charge in [-0.3, -0.25) is 0 Å². The molecule has 0 saturated carbocycles. The van der Waals surface area contributed by atoms with Gasteiger partial charge in [0.25, 0.3) is 0 Å². The largest absolute Gasteiger partial charge is 2.00 e. The van der Waals surface area contributed by atoms with Gasteiger partial charge in [-0.05, 0) is 0 Å². The topological polar surface area (TPSA) is 63.2 Å². The van der Waals surface area contributed by atoms with Gasteiger partial charge in [-0.15, -0.1) is 0 Å². The molecule has 30 valence electrons. The Labute approximate surface area is 76.1 Å². The van der Waals surface area contributed by atoms with Gasteiger partial charge >= 0.3 is 45.5 Å². The fourth-order valence-corrected chi connectivity index (χ4v) is 0. The second kappa shape index (κ2) is 9.48. The molecule has 0 aliphatic carbocycles. The van der Waals surface area contributed by atoms with Crippen molar-refractivity contribution in [2.24, 2.45) is 0 Å². The average Bonchev–Trinajstić information content (AvgIpc) is 0.811. The summed E-state index contributed by atoms with van der Waals surface area (Å²) in [7, 11) is -3.63. The van der Waals surface area contributed by atoms with Gasteiger partial charge in [0.05, 0.1) is 8.41 Å². The van der Waals surface area contributed by atoms with E-state index in [0.717, 1.165) is 0 Å². The van der Waals surface area contributed by atoms with E-state index in [1.54, 1.807) is 0 Å². The molecule has 0 fully saturated rings. The molecule has 6 heteroatoms. The van der Waals surface area contributed by atoms with E-state index in [2.05, 4.69) is 0 Å². The summed E-state index contributed by atoms with van der Waals surface area (Å²) in [6, 6.07) is 0. The van der Waals surface area contributed by atoms with Crippen LogP contribution >= 0.6 is 0 Å². The van der Waals surface area contributed by atoms with Crippen LogP contribution in [0.2, 0.25) is 0 Å². The quantitative estimate of drug-likeness (QED) is 0.351. The van der Waals surface area contributed by atoms with E-state index in [4.69, 9.17) is 14.1 Å². The van der Waals surface area contributed by atoms with Gasteiger partial charge < -0.3 is 14.1 Å². The van der Waals surface area contributed by atoms with Gasteiger partial charge in [0.2, 0.25) is 0 Å². The molecule has 0 aliphatic heterocycles. The SMILES string of the molecule is B.O=[Si]([O-])[O-].[Sr+2]. The van der Waals surface area contributed by atoms with E-state index >= 15 is 0 Å². The summed E-state index contributed by atoms with van der Waals surface area (Å²) in [6.07, 6.45) is 0. The minimum Gasteiger partial charge on any atom is -0.672 e. The van der Waals surface area contributed by atoms with E-state index in [1.807, 2.05) is 0 Å². The summed E-state index contributed by atoms with van der Waals surface area (Å²) in [4.78, 5) is 17.0. The van der Waals surface area contributed by atoms with Crippen molar-refractivity contribution in [1.82, 2.24) is 0 Å². The van der Waals surface area contributed by atoms with Crippen molar-refractivity contribution < 1.29 is 14.1 Å². The molecule has 0 aromatic carbocycles. The van der Waals surface area contributed by atoms with Crippen LogP contribution in [-0.2, 0) is 4.46 Å². The zero-order chi connectivity index (χ0) is 3.58. The Bertz CT molecular complexity index is 33.8. The van der Waals surface area contributed by atoms with Gasteiger partial charge in [0.15, 0.2) is 0 Å². The predicted octanol–water partition coefficient (Wildman–Crippen LogP) is -4.44. The number of hydrogen-bond donors (Lipinski definition) is 0. The van der Waals surface area contributed by atoms with Crippen LogP contribution in [0.5, 0.6) is 0 Å². The van der Waals surface area contributed by atoms with E-state index < -0.39 is 9.17 Å². The van der Waals surface area contributed by atoms with Gasteiger partial charge in [0.1, 0.15) is 0 Å². The van der Waals surface area contributed by atoms with Gasteiger partial charge in [-0.1, -0.05) is 0 Å². The summed E-state index contributed by atoms with van der Waals surface area (Å²) in [5.74, 6) is 0. The van der Waals surface area contributed by atoms with E-state index in [9.17, 15) is 0 Å². The van der Waals surface area contributed by atoms with Crippen molar-refractivity contribution in [3.05, 3.63) is 0 Å². The molecule has 0 bridgehead atoms. The molecule has 0 atom stereocenters. The van der Waals surface area contributed by atoms with Crippen LogP contribution < -0.4 is 9.59 Å². The van der Waals surface area contributed by atoms with Crippen LogP contribution in [0.1, 0.15) is 0 Å². The molecule has 0 aromatic heterocycles. The van der Waals surface area contributed by atoms with Crippen LogP contribution in [0.25, 0.3) is 0 Å². The van der Waals surface area contributed by atoms with Gasteiger partial charge in [-0.2, -0.15) is 0 Å². The summed E-state index contributed by atoms with van der Waals surface area (Å²) in [5, 5.41) is 0. The summed E-state index contributed by atoms with van der Waals surface area (Å²) < 4.78 is 8.52. The number of rotatable bonds is 0. The maximum absolute atomic E-state index is 8.52. The molecule has 0 N–H and O–H groups in total. The molecule has 0 radical (unpaired) electrons. The fourth-order valence-electron chi connectivity index (χ4n) is 0. The van der Waals surface area contributed by atoms with Crippen molar-refractivity contribution in [3.8, 4) is 0 Å². The Morgan fingerprint density at radius 2 is 1.33 bits per heavy atom. The van der Waals surface area contributed by atoms with Crippen molar-refractivity contribution in [2.75, 3.05) is 0 Å². The maximum atomic E-state index is 8.52. The first kappa shape index (κ1) is 15.7. The van der Waals surface area contributed by atoms with Crippen LogP contribution in [0.3, 0.4) is 0 Å². The predicted molar refractivity (Wildman–Crippen MR) is 22.1 cm³/mol. The molecular weight excluding hydrogens is 175 g/mol. The standard InChI is InChI=1S/BH3.O3Si.Sr/c;1-4(2)3;/h1H3;;/q;-2;+2. The van der Waals surface area contributed by atoms with Crippen LogP contribution in [0.15, 0.2) is 0 Å². The molecule has 0 amide bonds. The second-order valence-electron chi connectivity index (χ2n) is 0.250. The first-order valence-corrected chi connectivity index (χ1v) is 1.84. The Hall–Kier alpha value is 1.16. The minimum absolute atomic E-state index is 0. The zero-order valence-electron chi connectivity index (χ0n) is 2.43. The monoisotopic (exact) mass is 178 g/mol. The molecule has 0 saturated heterocycles. The van der Waals surface area contributed by atoms with Crippen molar-refractivity contribution in [2.45, 2.75) is 0 Å². The Kier molecular flexibility index (Phi) is 24.8. The molecule has 3 nitrogen and oxygen atoms in total. The first-order chi connectivity index (χ1) is 1.73.